The van der Waals surface area contributed by atoms with Gasteiger partial charge in [0.15, 0.2) is 5.57 Å². The summed E-state index contributed by atoms with van der Waals surface area (Å²) in [5, 5.41) is 13.0. The second-order valence-electron chi connectivity index (χ2n) is 6.36. The van der Waals surface area contributed by atoms with E-state index in [0.29, 0.717) is 0 Å². The van der Waals surface area contributed by atoms with Crippen LogP contribution in [-0.4, -0.2) is 39.8 Å². The minimum absolute atomic E-state index is 0.152. The molecule has 26 heavy (non-hydrogen) atoms. The van der Waals surface area contributed by atoms with Gasteiger partial charge in [0.25, 0.3) is 5.79 Å². The lowest BCUT2D eigenvalue weighted by Gasteiger charge is -2.29. The van der Waals surface area contributed by atoms with Gasteiger partial charge in [-0.15, -0.1) is 0 Å². The van der Waals surface area contributed by atoms with Gasteiger partial charge in [-0.25, -0.2) is 14.4 Å². The molecule has 0 unspecified atom stereocenters. The third-order valence-corrected chi connectivity index (χ3v) is 3.94. The summed E-state index contributed by atoms with van der Waals surface area (Å²) in [7, 11) is 0. The highest BCUT2D eigenvalue weighted by Gasteiger charge is 2.39. The maximum atomic E-state index is 11.9. The molecule has 1 aromatic heterocycles. The van der Waals surface area contributed by atoms with Crippen molar-refractivity contribution in [3.05, 3.63) is 47.8 Å². The Kier molecular flexibility index (Phi) is 4.41. The maximum Gasteiger partial charge on any atom is 0.350 e. The Bertz CT molecular complexity index is 889. The van der Waals surface area contributed by atoms with Crippen LogP contribution in [0.4, 0.5) is 0 Å². The molecule has 136 valence electrons. The Balaban J connectivity index is 1.78. The van der Waals surface area contributed by atoms with E-state index in [1.54, 1.807) is 6.20 Å². The molecule has 8 heteroatoms. The minimum Gasteiger partial charge on any atom is -0.480 e. The van der Waals surface area contributed by atoms with Crippen molar-refractivity contribution in [1.29, 1.82) is 0 Å². The van der Waals surface area contributed by atoms with Crippen LogP contribution < -0.4 is 5.32 Å². The van der Waals surface area contributed by atoms with E-state index in [2.05, 4.69) is 10.3 Å². The number of ether oxygens (including phenoxy) is 2. The largest absolute Gasteiger partial charge is 0.480 e. The number of H-pyrrole nitrogens is 1. The van der Waals surface area contributed by atoms with Gasteiger partial charge >= 0.3 is 17.9 Å². The first-order chi connectivity index (χ1) is 12.3. The Morgan fingerprint density at radius 3 is 2.58 bits per heavy atom. The highest BCUT2D eigenvalue weighted by molar-refractivity contribution is 6.15. The Labute approximate surface area is 148 Å². The van der Waals surface area contributed by atoms with E-state index in [-0.39, 0.29) is 12.0 Å². The minimum atomic E-state index is -1.35. The molecule has 0 saturated carbocycles. The molecule has 2 heterocycles. The molecule has 2 aromatic rings. The molecular formula is C18H18N2O6. The van der Waals surface area contributed by atoms with Gasteiger partial charge in [0, 0.05) is 43.6 Å². The van der Waals surface area contributed by atoms with Crippen molar-refractivity contribution in [2.45, 2.75) is 32.1 Å². The van der Waals surface area contributed by atoms with Crippen molar-refractivity contribution >= 4 is 28.8 Å². The van der Waals surface area contributed by atoms with Gasteiger partial charge in [0.05, 0.1) is 0 Å². The van der Waals surface area contributed by atoms with Crippen molar-refractivity contribution in [2.75, 3.05) is 0 Å². The lowest BCUT2D eigenvalue weighted by molar-refractivity contribution is -0.222. The van der Waals surface area contributed by atoms with E-state index in [1.165, 1.54) is 13.8 Å². The van der Waals surface area contributed by atoms with Crippen molar-refractivity contribution in [3.63, 3.8) is 0 Å². The number of hydrogen-bond donors (Lipinski definition) is 3. The number of carbonyl (C=O) groups is 3. The number of carboxylic acids is 1. The molecule has 0 bridgehead atoms. The molecule has 0 aliphatic carbocycles. The van der Waals surface area contributed by atoms with Crippen LogP contribution in [0.3, 0.4) is 0 Å². The number of carboxylic acid groups (broad SMARTS) is 1. The molecule has 1 fully saturated rings. The Hall–Kier alpha value is -3.29. The van der Waals surface area contributed by atoms with E-state index >= 15 is 0 Å². The van der Waals surface area contributed by atoms with Crippen molar-refractivity contribution < 1.29 is 29.0 Å². The van der Waals surface area contributed by atoms with Crippen LogP contribution in [0.15, 0.2) is 42.2 Å². The van der Waals surface area contributed by atoms with Gasteiger partial charge in [-0.3, -0.25) is 0 Å². The number of cyclic esters (lactones) is 2. The summed E-state index contributed by atoms with van der Waals surface area (Å²) in [5.74, 6) is -4.20. The summed E-state index contributed by atoms with van der Waals surface area (Å²) >= 11 is 0. The molecule has 3 rings (SSSR count). The monoisotopic (exact) mass is 358 g/mol. The molecule has 1 atom stereocenters. The summed E-state index contributed by atoms with van der Waals surface area (Å²) in [6, 6.07) is 6.47. The van der Waals surface area contributed by atoms with Crippen LogP contribution >= 0.6 is 0 Å². The summed E-state index contributed by atoms with van der Waals surface area (Å²) in [4.78, 5) is 38.5. The average Bonchev–Trinajstić information content (AvgIpc) is 2.95. The molecule has 0 radical (unpaired) electrons. The van der Waals surface area contributed by atoms with E-state index in [4.69, 9.17) is 9.47 Å². The predicted molar refractivity (Wildman–Crippen MR) is 90.9 cm³/mol. The maximum absolute atomic E-state index is 11.9. The lowest BCUT2D eigenvalue weighted by Crippen LogP contribution is -2.43. The number of rotatable bonds is 5. The third-order valence-electron chi connectivity index (χ3n) is 3.94. The molecule has 8 nitrogen and oxygen atoms in total. The van der Waals surface area contributed by atoms with Gasteiger partial charge in [-0.05, 0) is 11.6 Å². The first-order valence-corrected chi connectivity index (χ1v) is 7.97. The number of aliphatic carboxylic acids is 1. The van der Waals surface area contributed by atoms with Crippen LogP contribution in [0.1, 0.15) is 19.4 Å². The molecule has 1 aliphatic heterocycles. The fraction of sp³-hybridized carbons (Fsp3) is 0.278. The standard InChI is InChI=1S/C18H18N2O6/c1-18(2)25-16(23)12(17(24)26-18)9-20-14(15(21)22)7-10-8-19-13-6-4-3-5-11(10)13/h3-6,8-9,14,19-20H,7H2,1-2H3,(H,21,22)/t14-/m0/s1. The average molecular weight is 358 g/mol. The van der Waals surface area contributed by atoms with Crippen molar-refractivity contribution in [3.8, 4) is 0 Å². The molecule has 0 amide bonds. The zero-order valence-electron chi connectivity index (χ0n) is 14.2. The van der Waals surface area contributed by atoms with E-state index in [1.807, 2.05) is 24.3 Å². The number of nitrogens with one attached hydrogen (secondary N) is 2. The molecule has 1 aromatic carbocycles. The smallest absolute Gasteiger partial charge is 0.350 e. The predicted octanol–water partition coefficient (Wildman–Crippen LogP) is 1.47. The van der Waals surface area contributed by atoms with Crippen LogP contribution in [-0.2, 0) is 30.3 Å². The van der Waals surface area contributed by atoms with Crippen LogP contribution in [0.25, 0.3) is 10.9 Å². The molecule has 0 spiro atoms. The fourth-order valence-electron chi connectivity index (χ4n) is 2.70. The van der Waals surface area contributed by atoms with E-state index in [0.717, 1.165) is 22.7 Å². The van der Waals surface area contributed by atoms with Gasteiger partial charge in [0.1, 0.15) is 6.04 Å². The summed E-state index contributed by atoms with van der Waals surface area (Å²) in [5.41, 5.74) is 1.31. The number of aromatic nitrogens is 1. The van der Waals surface area contributed by atoms with Crippen LogP contribution in [0, 0.1) is 0 Å². The number of benzene rings is 1. The van der Waals surface area contributed by atoms with Gasteiger partial charge in [-0.1, -0.05) is 18.2 Å². The number of esters is 2. The number of aromatic amines is 1. The number of hydrogen-bond acceptors (Lipinski definition) is 6. The van der Waals surface area contributed by atoms with Gasteiger partial charge in [-0.2, -0.15) is 0 Å². The SMILES string of the molecule is CC1(C)OC(=O)C(=CN[C@@H](Cc2c[nH]c3ccccc23)C(=O)O)C(=O)O1. The second kappa shape index (κ2) is 6.55. The highest BCUT2D eigenvalue weighted by Crippen LogP contribution is 2.22. The number of carbonyl (C=O) groups excluding carboxylic acids is 2. The first kappa shape index (κ1) is 17.5. The van der Waals surface area contributed by atoms with Crippen molar-refractivity contribution in [1.82, 2.24) is 10.3 Å². The lowest BCUT2D eigenvalue weighted by atomic mass is 10.1. The van der Waals surface area contributed by atoms with E-state index < -0.39 is 29.7 Å². The van der Waals surface area contributed by atoms with E-state index in [9.17, 15) is 19.5 Å². The first-order valence-electron chi connectivity index (χ1n) is 7.97. The summed E-state index contributed by atoms with van der Waals surface area (Å²) in [6.45, 7) is 2.87. The zero-order chi connectivity index (χ0) is 18.9. The fourth-order valence-corrected chi connectivity index (χ4v) is 2.70. The third kappa shape index (κ3) is 3.53. The molecular weight excluding hydrogens is 340 g/mol. The number of para-hydroxylation sites is 1. The van der Waals surface area contributed by atoms with Gasteiger partial charge < -0.3 is 24.9 Å². The molecule has 1 aliphatic rings. The topological polar surface area (TPSA) is 118 Å². The summed E-state index contributed by atoms with van der Waals surface area (Å²) < 4.78 is 9.94. The van der Waals surface area contributed by atoms with Crippen LogP contribution in [0.2, 0.25) is 0 Å². The second-order valence-corrected chi connectivity index (χ2v) is 6.36. The number of fused-ring (bicyclic) bond motifs is 1. The van der Waals surface area contributed by atoms with Gasteiger partial charge in [0.2, 0.25) is 0 Å². The summed E-state index contributed by atoms with van der Waals surface area (Å²) in [6.07, 6.45) is 2.92. The Morgan fingerprint density at radius 1 is 1.27 bits per heavy atom. The normalized spacial score (nSPS) is 17.4. The molecule has 1 saturated heterocycles. The van der Waals surface area contributed by atoms with Crippen LogP contribution in [0.5, 0.6) is 0 Å². The zero-order valence-corrected chi connectivity index (χ0v) is 14.2. The Morgan fingerprint density at radius 2 is 1.92 bits per heavy atom. The quantitative estimate of drug-likeness (QED) is 0.421. The van der Waals surface area contributed by atoms with Crippen molar-refractivity contribution in [2.24, 2.45) is 0 Å². The molecule has 3 N–H and O–H groups in total. The highest BCUT2D eigenvalue weighted by atomic mass is 16.7.